The second-order valence-electron chi connectivity index (χ2n) is 10.3. The average Bonchev–Trinajstić information content (AvgIpc) is 3.73. The number of hydrogen-bond donors (Lipinski definition) is 6. The highest BCUT2D eigenvalue weighted by Gasteiger charge is 2.53. The molecule has 21 nitrogen and oxygen atoms in total. The van der Waals surface area contributed by atoms with Crippen LogP contribution in [0.25, 0.3) is 22.3 Å². The molecule has 10 atom stereocenters. The lowest BCUT2D eigenvalue weighted by molar-refractivity contribution is -0.0590. The van der Waals surface area contributed by atoms with Crippen molar-refractivity contribution >= 4 is 49.5 Å². The highest BCUT2D eigenvalue weighted by Crippen LogP contribution is 2.52. The first-order valence-electron chi connectivity index (χ1n) is 13.2. The molecule has 5 unspecified atom stereocenters. The van der Waals surface area contributed by atoms with Crippen molar-refractivity contribution in [3.05, 3.63) is 29.3 Å². The smallest absolute Gasteiger partial charge is 0.394 e. The fourth-order valence-electron chi connectivity index (χ4n) is 5.12. The van der Waals surface area contributed by atoms with E-state index in [1.165, 1.54) is 0 Å². The van der Waals surface area contributed by atoms with E-state index in [1.54, 1.807) is 0 Å². The number of aliphatic hydroxyl groups excluding tert-OH is 1. The number of nitrogen functional groups attached to an aromatic ring is 2. The number of aliphatic hydroxyl groups is 1. The number of nitrogens with one attached hydrogen (secondary N) is 1. The third-order valence-corrected chi connectivity index (χ3v) is 8.69. The number of anilines is 2. The van der Waals surface area contributed by atoms with E-state index in [-0.39, 0.29) is 34.1 Å². The number of nitrogens with two attached hydrogens (primary N) is 2. The fourth-order valence-corrected chi connectivity index (χ4v) is 6.75. The largest absolute Gasteiger partial charge is 0.472 e. The molecule has 0 spiro atoms. The molecule has 8 N–H and O–H groups in total. The van der Waals surface area contributed by atoms with Gasteiger partial charge in [-0.25, -0.2) is 33.3 Å². The van der Waals surface area contributed by atoms with E-state index in [4.69, 9.17) is 34.5 Å². The molecule has 2 aliphatic rings. The molecule has 0 aliphatic carbocycles. The van der Waals surface area contributed by atoms with E-state index in [1.807, 2.05) is 0 Å². The number of phosphoric ester groups is 1. The summed E-state index contributed by atoms with van der Waals surface area (Å²) in [7, 11) is -9.67. The Morgan fingerprint density at radius 3 is 2.33 bits per heavy atom. The Morgan fingerprint density at radius 1 is 0.957 bits per heavy atom. The molecule has 25 heteroatoms. The standard InChI is InChI=1S/C21H26F2N10O11P2/c1-45(36,37)43-13-8(42-19(10(13)23)32-5-28-11-15(24)26-4-27-16(11)32)3-40-46(38,39)44-14-9(22)7(2-34)41-20(14)33-6-29-12-17(33)30-21(25)31-18(12)35/h4-10,13-14,19-20,34H,2-3H2,1H3,(H,36,37)(H,38,39)(H2,24,26,27)(H3,25,30,31,35)/t7-,8-,9?,10?,13+,14?,19-,20-/m1/s1. The van der Waals surface area contributed by atoms with Crippen LogP contribution in [0, 0.1) is 0 Å². The van der Waals surface area contributed by atoms with Crippen molar-refractivity contribution in [3.63, 3.8) is 0 Å². The van der Waals surface area contributed by atoms with Crippen molar-refractivity contribution in [2.45, 2.75) is 49.2 Å². The summed E-state index contributed by atoms with van der Waals surface area (Å²) >= 11 is 0. The van der Waals surface area contributed by atoms with Gasteiger partial charge in [-0.1, -0.05) is 0 Å². The lowest BCUT2D eigenvalue weighted by Crippen LogP contribution is -2.34. The molecule has 2 fully saturated rings. The number of nitrogens with zero attached hydrogens (tertiary/aromatic N) is 7. The average molecular weight is 694 g/mol. The molecule has 0 amide bonds. The number of ether oxygens (including phenoxy) is 2. The SMILES string of the molecule is CP(=O)(O)O[C@@H]1C(F)[C@H](n2cnc3c(N)ncnc32)O[C@@H]1COP(=O)(O)OC1C(F)[C@@H](CO)O[C@H]1n1cnc2c(=O)[nH]c(N)nc21. The van der Waals surface area contributed by atoms with Crippen LogP contribution in [0.3, 0.4) is 0 Å². The molecule has 6 rings (SSSR count). The van der Waals surface area contributed by atoms with Crippen LogP contribution in [-0.4, -0.2) is 111 Å². The van der Waals surface area contributed by atoms with Crippen LogP contribution in [0.15, 0.2) is 23.8 Å². The molecule has 0 saturated carbocycles. The van der Waals surface area contributed by atoms with E-state index in [9.17, 15) is 28.8 Å². The molecule has 46 heavy (non-hydrogen) atoms. The first kappa shape index (κ1) is 32.4. The molecule has 250 valence electrons. The van der Waals surface area contributed by atoms with Gasteiger partial charge in [-0.2, -0.15) is 4.98 Å². The van der Waals surface area contributed by atoms with Crippen LogP contribution in [0.4, 0.5) is 20.5 Å². The Bertz CT molecular complexity index is 1920. The number of H-pyrrole nitrogens is 1. The topological polar surface area (TPSA) is 300 Å². The second-order valence-corrected chi connectivity index (χ2v) is 13.5. The van der Waals surface area contributed by atoms with Crippen molar-refractivity contribution in [3.8, 4) is 0 Å². The summed E-state index contributed by atoms with van der Waals surface area (Å²) < 4.78 is 84.8. The molecular formula is C21H26F2N10O11P2. The maximum absolute atomic E-state index is 15.7. The highest BCUT2D eigenvalue weighted by atomic mass is 31.2. The summed E-state index contributed by atoms with van der Waals surface area (Å²) in [5.41, 5.74) is 10.4. The Labute approximate surface area is 254 Å². The molecule has 0 bridgehead atoms. The summed E-state index contributed by atoms with van der Waals surface area (Å²) in [6.45, 7) is -1.05. The predicted molar refractivity (Wildman–Crippen MR) is 148 cm³/mol. The quantitative estimate of drug-likeness (QED) is 0.112. The second kappa shape index (κ2) is 11.9. The van der Waals surface area contributed by atoms with E-state index in [0.717, 1.165) is 34.8 Å². The zero-order chi connectivity index (χ0) is 33.1. The van der Waals surface area contributed by atoms with Gasteiger partial charge in [0, 0.05) is 6.66 Å². The van der Waals surface area contributed by atoms with Gasteiger partial charge in [0.1, 0.15) is 36.3 Å². The lowest BCUT2D eigenvalue weighted by Gasteiger charge is -2.25. The zero-order valence-electron chi connectivity index (χ0n) is 23.3. The Hall–Kier alpha value is -3.50. The minimum Gasteiger partial charge on any atom is -0.394 e. The fraction of sp³-hybridized carbons (Fsp3) is 0.524. The number of phosphoric acid groups is 1. The number of imidazole rings is 2. The highest BCUT2D eigenvalue weighted by molar-refractivity contribution is 7.51. The van der Waals surface area contributed by atoms with Crippen LogP contribution in [0.1, 0.15) is 12.5 Å². The maximum Gasteiger partial charge on any atom is 0.472 e. The summed E-state index contributed by atoms with van der Waals surface area (Å²) in [6.07, 6.45) is -11.3. The van der Waals surface area contributed by atoms with Crippen molar-refractivity contribution in [1.82, 2.24) is 39.0 Å². The monoisotopic (exact) mass is 694 g/mol. The van der Waals surface area contributed by atoms with Crippen molar-refractivity contribution < 1.29 is 55.8 Å². The van der Waals surface area contributed by atoms with E-state index in [2.05, 4.69) is 29.9 Å². The Morgan fingerprint density at radius 2 is 1.63 bits per heavy atom. The van der Waals surface area contributed by atoms with Gasteiger partial charge in [0.15, 0.2) is 47.4 Å². The van der Waals surface area contributed by atoms with Gasteiger partial charge < -0.3 is 35.8 Å². The minimum atomic E-state index is -5.30. The van der Waals surface area contributed by atoms with Gasteiger partial charge in [0.25, 0.3) is 5.56 Å². The molecule has 4 aromatic rings. The Balaban J connectivity index is 1.24. The molecule has 6 heterocycles. The van der Waals surface area contributed by atoms with Crippen molar-refractivity contribution in [1.29, 1.82) is 0 Å². The number of rotatable bonds is 10. The first-order valence-corrected chi connectivity index (χ1v) is 16.7. The van der Waals surface area contributed by atoms with Gasteiger partial charge in [-0.3, -0.25) is 37.0 Å². The third-order valence-electron chi connectivity index (χ3n) is 7.07. The zero-order valence-corrected chi connectivity index (χ0v) is 25.1. The number of aromatic amines is 1. The van der Waals surface area contributed by atoms with Gasteiger partial charge in [-0.15, -0.1) is 0 Å². The Kier molecular flexibility index (Phi) is 8.42. The molecular weight excluding hydrogens is 668 g/mol. The number of alkyl halides is 2. The summed E-state index contributed by atoms with van der Waals surface area (Å²) in [4.78, 5) is 54.5. The number of aromatic nitrogens is 8. The van der Waals surface area contributed by atoms with Crippen LogP contribution in [0.5, 0.6) is 0 Å². The molecule has 0 radical (unpaired) electrons. The summed E-state index contributed by atoms with van der Waals surface area (Å²) in [5, 5.41) is 9.62. The van der Waals surface area contributed by atoms with E-state index >= 15 is 8.78 Å². The number of fused-ring (bicyclic) bond motifs is 2. The van der Waals surface area contributed by atoms with Crippen molar-refractivity contribution in [2.24, 2.45) is 0 Å². The minimum absolute atomic E-state index is 0.0184. The van der Waals surface area contributed by atoms with Crippen LogP contribution >= 0.6 is 15.4 Å². The summed E-state index contributed by atoms with van der Waals surface area (Å²) in [5.74, 6) is -0.339. The van der Waals surface area contributed by atoms with Gasteiger partial charge in [-0.05, 0) is 0 Å². The van der Waals surface area contributed by atoms with Gasteiger partial charge >= 0.3 is 15.4 Å². The van der Waals surface area contributed by atoms with Crippen LogP contribution < -0.4 is 17.0 Å². The van der Waals surface area contributed by atoms with E-state index < -0.39 is 83.4 Å². The van der Waals surface area contributed by atoms with Crippen LogP contribution in [-0.2, 0) is 32.2 Å². The normalized spacial score (nSPS) is 31.0. The first-order chi connectivity index (χ1) is 21.7. The lowest BCUT2D eigenvalue weighted by atomic mass is 10.1. The molecule has 4 aromatic heterocycles. The van der Waals surface area contributed by atoms with E-state index in [0.29, 0.717) is 0 Å². The predicted octanol–water partition coefficient (Wildman–Crippen LogP) is -0.710. The number of halogens is 2. The summed E-state index contributed by atoms with van der Waals surface area (Å²) in [6, 6.07) is 0. The number of hydrogen-bond acceptors (Lipinski definition) is 16. The van der Waals surface area contributed by atoms with Gasteiger partial charge in [0.05, 0.1) is 25.9 Å². The maximum atomic E-state index is 15.7. The third kappa shape index (κ3) is 6.01. The molecule has 0 aromatic carbocycles. The molecule has 2 aliphatic heterocycles. The van der Waals surface area contributed by atoms with Gasteiger partial charge in [0.2, 0.25) is 5.95 Å². The molecule has 2 saturated heterocycles. The van der Waals surface area contributed by atoms with Crippen molar-refractivity contribution in [2.75, 3.05) is 31.3 Å². The van der Waals surface area contributed by atoms with Crippen LogP contribution in [0.2, 0.25) is 0 Å².